The van der Waals surface area contributed by atoms with Crippen molar-refractivity contribution in [1.29, 1.82) is 0 Å². The minimum Gasteiger partial charge on any atom is -0.487 e. The second kappa shape index (κ2) is 10.0. The third-order valence-corrected chi connectivity index (χ3v) is 4.96. The van der Waals surface area contributed by atoms with Gasteiger partial charge >= 0.3 is 0 Å². The summed E-state index contributed by atoms with van der Waals surface area (Å²) in [4.78, 5) is 22.9. The van der Waals surface area contributed by atoms with Crippen molar-refractivity contribution in [2.75, 3.05) is 52.9 Å². The van der Waals surface area contributed by atoms with Crippen LogP contribution in [0.4, 0.5) is 0 Å². The fourth-order valence-corrected chi connectivity index (χ4v) is 3.43. The lowest BCUT2D eigenvalue weighted by Gasteiger charge is -2.16. The Morgan fingerprint density at radius 1 is 0.867 bits per heavy atom. The number of aromatic amines is 1. The van der Waals surface area contributed by atoms with Crippen molar-refractivity contribution >= 4 is 27.1 Å². The Morgan fingerprint density at radius 3 is 2.13 bits per heavy atom. The Bertz CT molecular complexity index is 1050. The lowest BCUT2D eigenvalue weighted by molar-refractivity contribution is 0.00708. The molecule has 3 heterocycles. The smallest absolute Gasteiger partial charge is 0.278 e. The van der Waals surface area contributed by atoms with E-state index in [0.29, 0.717) is 75.7 Å². The zero-order valence-electron chi connectivity index (χ0n) is 16.1. The number of H-pyrrole nitrogens is 1. The normalized spacial score (nSPS) is 16.7. The molecule has 0 fully saturated rings. The highest BCUT2D eigenvalue weighted by molar-refractivity contribution is 9.10. The van der Waals surface area contributed by atoms with Gasteiger partial charge in [0.25, 0.3) is 5.56 Å². The zero-order valence-corrected chi connectivity index (χ0v) is 17.7. The lowest BCUT2D eigenvalue weighted by Crippen LogP contribution is -2.13. The molecule has 0 aliphatic carbocycles. The highest BCUT2D eigenvalue weighted by Crippen LogP contribution is 2.36. The molecule has 0 amide bonds. The first-order valence-corrected chi connectivity index (χ1v) is 10.3. The van der Waals surface area contributed by atoms with Crippen molar-refractivity contribution in [3.05, 3.63) is 39.6 Å². The predicted octanol–water partition coefficient (Wildman–Crippen LogP) is 1.69. The standard InChI is InChI=1S/C19H21BrN4O6/c20-13-9-15-16(30-8-6-28-4-2-26-1-3-27-5-7-29-15)10-14(13)24-12-23-17-18(24)21-11-22-19(17)25/h9-12H,1-8H2,(H,21,22,25). The van der Waals surface area contributed by atoms with Crippen molar-refractivity contribution in [3.8, 4) is 17.2 Å². The molecule has 1 aliphatic heterocycles. The maximum atomic E-state index is 12.0. The van der Waals surface area contributed by atoms with Gasteiger partial charge in [0.2, 0.25) is 0 Å². The summed E-state index contributed by atoms with van der Waals surface area (Å²) in [5.74, 6) is 1.10. The molecule has 10 nitrogen and oxygen atoms in total. The van der Waals surface area contributed by atoms with E-state index in [2.05, 4.69) is 30.9 Å². The molecule has 0 spiro atoms. The molecule has 0 saturated carbocycles. The number of nitrogens with zero attached hydrogens (tertiary/aromatic N) is 3. The quantitative estimate of drug-likeness (QED) is 0.560. The van der Waals surface area contributed by atoms with Gasteiger partial charge in [-0.25, -0.2) is 9.97 Å². The van der Waals surface area contributed by atoms with Gasteiger partial charge in [-0.2, -0.15) is 0 Å². The summed E-state index contributed by atoms with van der Waals surface area (Å²) >= 11 is 3.57. The largest absolute Gasteiger partial charge is 0.487 e. The Morgan fingerprint density at radius 2 is 1.47 bits per heavy atom. The number of benzene rings is 1. The molecular formula is C19H21BrN4O6. The molecule has 0 atom stereocenters. The molecule has 1 aliphatic rings. The molecule has 160 valence electrons. The minimum absolute atomic E-state index is 0.255. The van der Waals surface area contributed by atoms with Crippen LogP contribution in [0.2, 0.25) is 0 Å². The maximum Gasteiger partial charge on any atom is 0.278 e. The highest BCUT2D eigenvalue weighted by Gasteiger charge is 2.16. The van der Waals surface area contributed by atoms with E-state index in [4.69, 9.17) is 23.7 Å². The summed E-state index contributed by atoms with van der Waals surface area (Å²) in [5, 5.41) is 0. The van der Waals surface area contributed by atoms with Crippen molar-refractivity contribution in [2.24, 2.45) is 0 Å². The Hall–Kier alpha value is -2.47. The molecule has 3 aromatic rings. The van der Waals surface area contributed by atoms with E-state index in [-0.39, 0.29) is 11.1 Å². The Labute approximate surface area is 180 Å². The average Bonchev–Trinajstić information content (AvgIpc) is 3.17. The number of imidazole rings is 1. The monoisotopic (exact) mass is 480 g/mol. The number of rotatable bonds is 1. The van der Waals surface area contributed by atoms with Gasteiger partial charge in [0.15, 0.2) is 22.7 Å². The molecule has 0 unspecified atom stereocenters. The van der Waals surface area contributed by atoms with Gasteiger partial charge in [0, 0.05) is 16.6 Å². The molecule has 2 aromatic heterocycles. The summed E-state index contributed by atoms with van der Waals surface area (Å²) in [6.07, 6.45) is 2.89. The number of nitrogens with one attached hydrogen (secondary N) is 1. The zero-order chi connectivity index (χ0) is 20.8. The fourth-order valence-electron chi connectivity index (χ4n) is 2.92. The number of hydrogen-bond donors (Lipinski definition) is 1. The van der Waals surface area contributed by atoms with Crippen LogP contribution in [0.3, 0.4) is 0 Å². The first-order valence-electron chi connectivity index (χ1n) is 9.47. The third kappa shape index (κ3) is 4.81. The van der Waals surface area contributed by atoms with Crippen LogP contribution < -0.4 is 15.0 Å². The highest BCUT2D eigenvalue weighted by atomic mass is 79.9. The van der Waals surface area contributed by atoms with Crippen LogP contribution in [-0.2, 0) is 14.2 Å². The second-order valence-electron chi connectivity index (χ2n) is 6.30. The summed E-state index contributed by atoms with van der Waals surface area (Å²) in [7, 11) is 0. The first kappa shape index (κ1) is 20.8. The van der Waals surface area contributed by atoms with Crippen molar-refractivity contribution in [2.45, 2.75) is 0 Å². The first-order chi connectivity index (χ1) is 14.7. The van der Waals surface area contributed by atoms with Gasteiger partial charge in [-0.15, -0.1) is 0 Å². The van der Waals surface area contributed by atoms with Crippen LogP contribution in [0, 0.1) is 0 Å². The maximum absolute atomic E-state index is 12.0. The van der Waals surface area contributed by atoms with Crippen molar-refractivity contribution in [1.82, 2.24) is 19.5 Å². The number of hydrogen-bond acceptors (Lipinski definition) is 8. The van der Waals surface area contributed by atoms with E-state index in [1.54, 1.807) is 10.9 Å². The SMILES string of the molecule is O=c1[nH]cnc2c1ncn2-c1cc2c(cc1Br)OCCOCCOCCOCCO2. The summed E-state index contributed by atoms with van der Waals surface area (Å²) in [6.45, 7) is 3.55. The minimum atomic E-state index is -0.301. The second-order valence-corrected chi connectivity index (χ2v) is 7.16. The van der Waals surface area contributed by atoms with Crippen LogP contribution in [0.25, 0.3) is 16.9 Å². The summed E-state index contributed by atoms with van der Waals surface area (Å²) < 4.78 is 30.7. The van der Waals surface area contributed by atoms with E-state index in [0.717, 1.165) is 4.47 Å². The van der Waals surface area contributed by atoms with Crippen LogP contribution >= 0.6 is 15.9 Å². The third-order valence-electron chi connectivity index (χ3n) is 4.33. The number of ether oxygens (including phenoxy) is 5. The van der Waals surface area contributed by atoms with Crippen LogP contribution in [0.15, 0.2) is 34.1 Å². The van der Waals surface area contributed by atoms with E-state index in [9.17, 15) is 4.79 Å². The topological polar surface area (TPSA) is 110 Å². The predicted molar refractivity (Wildman–Crippen MR) is 111 cm³/mol. The van der Waals surface area contributed by atoms with Crippen molar-refractivity contribution < 1.29 is 23.7 Å². The summed E-state index contributed by atoms with van der Waals surface area (Å²) in [6, 6.07) is 3.62. The molecule has 11 heteroatoms. The van der Waals surface area contributed by atoms with E-state index < -0.39 is 0 Å². The molecule has 1 aromatic carbocycles. The van der Waals surface area contributed by atoms with Gasteiger partial charge < -0.3 is 28.7 Å². The van der Waals surface area contributed by atoms with Gasteiger partial charge in [0.05, 0.1) is 51.7 Å². The van der Waals surface area contributed by atoms with Crippen LogP contribution in [0.1, 0.15) is 0 Å². The van der Waals surface area contributed by atoms with E-state index in [1.165, 1.54) is 6.33 Å². The number of halogens is 1. The lowest BCUT2D eigenvalue weighted by atomic mass is 10.2. The average molecular weight is 481 g/mol. The van der Waals surface area contributed by atoms with Gasteiger partial charge in [0.1, 0.15) is 19.5 Å². The fraction of sp³-hybridized carbons (Fsp3) is 0.421. The molecule has 1 N–H and O–H groups in total. The molecule has 4 rings (SSSR count). The Kier molecular flexibility index (Phi) is 6.95. The van der Waals surface area contributed by atoms with Gasteiger partial charge in [-0.1, -0.05) is 0 Å². The van der Waals surface area contributed by atoms with E-state index >= 15 is 0 Å². The molecule has 0 saturated heterocycles. The molecular weight excluding hydrogens is 460 g/mol. The molecule has 30 heavy (non-hydrogen) atoms. The molecule has 0 radical (unpaired) electrons. The van der Waals surface area contributed by atoms with E-state index in [1.807, 2.05) is 12.1 Å². The van der Waals surface area contributed by atoms with Gasteiger partial charge in [-0.05, 0) is 15.9 Å². The van der Waals surface area contributed by atoms with Crippen LogP contribution in [0.5, 0.6) is 11.5 Å². The van der Waals surface area contributed by atoms with Gasteiger partial charge in [-0.3, -0.25) is 9.36 Å². The number of fused-ring (bicyclic) bond motifs is 2. The van der Waals surface area contributed by atoms with Crippen LogP contribution in [-0.4, -0.2) is 72.4 Å². The Balaban J connectivity index is 1.64. The number of aromatic nitrogens is 4. The summed E-state index contributed by atoms with van der Waals surface area (Å²) in [5.41, 5.74) is 1.10. The van der Waals surface area contributed by atoms with Crippen molar-refractivity contribution in [3.63, 3.8) is 0 Å². The molecule has 0 bridgehead atoms.